The molecular formula is C7H2BrClFN. The van der Waals surface area contributed by atoms with Crippen LogP contribution in [0.4, 0.5) is 10.1 Å². The average molecular weight is 234 g/mol. The molecule has 0 radical (unpaired) electrons. The molecule has 0 saturated heterocycles. The molecule has 0 heterocycles. The zero-order chi connectivity index (χ0) is 8.43. The molecule has 0 N–H and O–H groups in total. The lowest BCUT2D eigenvalue weighted by Gasteiger charge is -1.97. The molecule has 0 aromatic heterocycles. The fourth-order valence-electron chi connectivity index (χ4n) is 0.602. The third-order valence-electron chi connectivity index (χ3n) is 1.14. The molecule has 0 unspecified atom stereocenters. The first-order valence-corrected chi connectivity index (χ1v) is 3.85. The van der Waals surface area contributed by atoms with E-state index in [-0.39, 0.29) is 10.7 Å². The molecular weight excluding hydrogens is 232 g/mol. The highest BCUT2D eigenvalue weighted by Crippen LogP contribution is 2.31. The fourth-order valence-corrected chi connectivity index (χ4v) is 1.07. The molecule has 0 aliphatic rings. The summed E-state index contributed by atoms with van der Waals surface area (Å²) in [6.07, 6.45) is 0. The summed E-state index contributed by atoms with van der Waals surface area (Å²) in [4.78, 5) is 2.94. The maximum atomic E-state index is 12.9. The van der Waals surface area contributed by atoms with Crippen LogP contribution in [0.15, 0.2) is 16.6 Å². The lowest BCUT2D eigenvalue weighted by molar-refractivity contribution is 0.633. The predicted molar refractivity (Wildman–Crippen MR) is 45.4 cm³/mol. The summed E-state index contributed by atoms with van der Waals surface area (Å²) in [6, 6.07) is 2.91. The Morgan fingerprint density at radius 3 is 2.73 bits per heavy atom. The first-order chi connectivity index (χ1) is 5.16. The smallest absolute Gasteiger partial charge is 0.223 e. The summed E-state index contributed by atoms with van der Waals surface area (Å²) in [6.45, 7) is 6.56. The summed E-state index contributed by atoms with van der Waals surface area (Å²) >= 11 is 8.53. The molecule has 0 aliphatic carbocycles. The first-order valence-electron chi connectivity index (χ1n) is 2.67. The molecule has 1 aromatic rings. The molecule has 0 bridgehead atoms. The maximum Gasteiger partial charge on any atom is 0.223 e. The van der Waals surface area contributed by atoms with Crippen LogP contribution < -0.4 is 0 Å². The van der Waals surface area contributed by atoms with Crippen LogP contribution in [0, 0.1) is 12.4 Å². The number of hydrogen-bond donors (Lipinski definition) is 0. The summed E-state index contributed by atoms with van der Waals surface area (Å²) in [5.74, 6) is -0.670. The van der Waals surface area contributed by atoms with Crippen molar-refractivity contribution in [1.82, 2.24) is 0 Å². The fraction of sp³-hybridized carbons (Fsp3) is 0. The Labute approximate surface area is 76.7 Å². The van der Waals surface area contributed by atoms with Crippen molar-refractivity contribution in [2.45, 2.75) is 0 Å². The van der Waals surface area contributed by atoms with Crippen LogP contribution in [0.2, 0.25) is 5.02 Å². The van der Waals surface area contributed by atoms with E-state index in [2.05, 4.69) is 20.8 Å². The van der Waals surface area contributed by atoms with Gasteiger partial charge in [-0.3, -0.25) is 0 Å². The molecule has 0 fully saturated rings. The monoisotopic (exact) mass is 233 g/mol. The largest absolute Gasteiger partial charge is 0.235 e. The Morgan fingerprint density at radius 2 is 2.18 bits per heavy atom. The maximum absolute atomic E-state index is 12.9. The molecule has 0 atom stereocenters. The molecule has 0 aliphatic heterocycles. The molecule has 56 valence electrons. The molecule has 11 heavy (non-hydrogen) atoms. The van der Waals surface area contributed by atoms with Gasteiger partial charge in [-0.2, -0.15) is 0 Å². The highest BCUT2D eigenvalue weighted by molar-refractivity contribution is 9.10. The van der Waals surface area contributed by atoms with Crippen molar-refractivity contribution in [1.29, 1.82) is 0 Å². The second-order valence-corrected chi connectivity index (χ2v) is 3.04. The van der Waals surface area contributed by atoms with Gasteiger partial charge in [0.05, 0.1) is 11.6 Å². The van der Waals surface area contributed by atoms with E-state index in [1.54, 1.807) is 6.07 Å². The van der Waals surface area contributed by atoms with Gasteiger partial charge in [0.2, 0.25) is 5.69 Å². The molecule has 0 saturated carbocycles. The SMILES string of the molecule is [C-]#[N+]c1ccc(Br)c(Cl)c1F. The summed E-state index contributed by atoms with van der Waals surface area (Å²) in [5.41, 5.74) is -0.0572. The third-order valence-corrected chi connectivity index (χ3v) is 2.39. The van der Waals surface area contributed by atoms with Gasteiger partial charge in [-0.15, -0.1) is 0 Å². The Hall–Kier alpha value is -0.590. The van der Waals surface area contributed by atoms with Crippen LogP contribution >= 0.6 is 27.5 Å². The molecule has 0 spiro atoms. The van der Waals surface area contributed by atoms with Gasteiger partial charge in [0.15, 0.2) is 0 Å². The number of benzene rings is 1. The third kappa shape index (κ3) is 1.52. The van der Waals surface area contributed by atoms with Crippen LogP contribution in [0.3, 0.4) is 0 Å². The Balaban J connectivity index is 3.40. The van der Waals surface area contributed by atoms with E-state index >= 15 is 0 Å². The second-order valence-electron chi connectivity index (χ2n) is 1.81. The number of nitrogens with zero attached hydrogens (tertiary/aromatic N) is 1. The first kappa shape index (κ1) is 8.51. The van der Waals surface area contributed by atoms with Crippen LogP contribution in [0.1, 0.15) is 0 Å². The second kappa shape index (κ2) is 3.21. The average Bonchev–Trinajstić information content (AvgIpc) is 2.01. The van der Waals surface area contributed by atoms with Gasteiger partial charge in [-0.05, 0) is 15.9 Å². The van der Waals surface area contributed by atoms with Crippen molar-refractivity contribution in [2.24, 2.45) is 0 Å². The minimum absolute atomic E-state index is 0.0431. The van der Waals surface area contributed by atoms with E-state index in [9.17, 15) is 4.39 Å². The number of hydrogen-bond acceptors (Lipinski definition) is 0. The van der Waals surface area contributed by atoms with Crippen molar-refractivity contribution in [3.63, 3.8) is 0 Å². The van der Waals surface area contributed by atoms with E-state index in [0.29, 0.717) is 4.47 Å². The van der Waals surface area contributed by atoms with Gasteiger partial charge in [0, 0.05) is 4.47 Å². The summed E-state index contributed by atoms with van der Waals surface area (Å²) in [5, 5.41) is -0.0431. The molecule has 1 aromatic carbocycles. The predicted octanol–water partition coefficient (Wildman–Crippen LogP) is 3.79. The Kier molecular flexibility index (Phi) is 2.48. The van der Waals surface area contributed by atoms with E-state index in [0.717, 1.165) is 0 Å². The van der Waals surface area contributed by atoms with Gasteiger partial charge in [0.25, 0.3) is 0 Å². The zero-order valence-corrected chi connectivity index (χ0v) is 7.58. The quantitative estimate of drug-likeness (QED) is 0.475. The molecule has 0 amide bonds. The van der Waals surface area contributed by atoms with Gasteiger partial charge in [-0.25, -0.2) is 9.24 Å². The minimum atomic E-state index is -0.670. The Morgan fingerprint density at radius 1 is 1.55 bits per heavy atom. The van der Waals surface area contributed by atoms with Gasteiger partial charge in [-0.1, -0.05) is 23.7 Å². The van der Waals surface area contributed by atoms with Crippen molar-refractivity contribution in [3.05, 3.63) is 38.9 Å². The number of rotatable bonds is 0. The van der Waals surface area contributed by atoms with E-state index in [1.165, 1.54) is 6.07 Å². The summed E-state index contributed by atoms with van der Waals surface area (Å²) < 4.78 is 13.3. The topological polar surface area (TPSA) is 4.36 Å². The van der Waals surface area contributed by atoms with Gasteiger partial charge in [0.1, 0.15) is 5.82 Å². The van der Waals surface area contributed by atoms with Crippen LogP contribution in [-0.4, -0.2) is 0 Å². The van der Waals surface area contributed by atoms with Crippen LogP contribution in [0.25, 0.3) is 4.85 Å². The van der Waals surface area contributed by atoms with E-state index in [4.69, 9.17) is 18.2 Å². The highest BCUT2D eigenvalue weighted by Gasteiger charge is 2.08. The lowest BCUT2D eigenvalue weighted by Crippen LogP contribution is -1.77. The molecule has 1 nitrogen and oxygen atoms in total. The molecule has 1 rings (SSSR count). The number of halogens is 3. The standard InChI is InChI=1S/C7H2BrClFN/c1-11-5-3-2-4(8)6(9)7(5)10/h2-3H. The molecule has 4 heteroatoms. The zero-order valence-electron chi connectivity index (χ0n) is 5.24. The van der Waals surface area contributed by atoms with E-state index < -0.39 is 5.82 Å². The highest BCUT2D eigenvalue weighted by atomic mass is 79.9. The lowest BCUT2D eigenvalue weighted by atomic mass is 10.3. The van der Waals surface area contributed by atoms with Crippen molar-refractivity contribution in [2.75, 3.05) is 0 Å². The van der Waals surface area contributed by atoms with Crippen molar-refractivity contribution >= 4 is 33.2 Å². The van der Waals surface area contributed by atoms with Gasteiger partial charge < -0.3 is 0 Å². The van der Waals surface area contributed by atoms with Crippen molar-refractivity contribution in [3.8, 4) is 0 Å². The normalized spacial score (nSPS) is 9.27. The van der Waals surface area contributed by atoms with Crippen LogP contribution in [-0.2, 0) is 0 Å². The van der Waals surface area contributed by atoms with Crippen molar-refractivity contribution < 1.29 is 4.39 Å². The summed E-state index contributed by atoms with van der Waals surface area (Å²) in [7, 11) is 0. The van der Waals surface area contributed by atoms with E-state index in [1.807, 2.05) is 0 Å². The van der Waals surface area contributed by atoms with Gasteiger partial charge >= 0.3 is 0 Å². The van der Waals surface area contributed by atoms with Crippen LogP contribution in [0.5, 0.6) is 0 Å². The minimum Gasteiger partial charge on any atom is -0.235 e. The Bertz CT molecular complexity index is 332.